The molecule has 0 aliphatic carbocycles. The van der Waals surface area contributed by atoms with E-state index in [1.807, 2.05) is 13.0 Å². The summed E-state index contributed by atoms with van der Waals surface area (Å²) in [6, 6.07) is 8.96. The number of hydrogen-bond acceptors (Lipinski definition) is 3. The first-order chi connectivity index (χ1) is 11.6. The fraction of sp³-hybridized carbons (Fsp3) is 0.111. The van der Waals surface area contributed by atoms with Gasteiger partial charge >= 0.3 is 0 Å². The normalized spacial score (nSPS) is 11.8. The first kappa shape index (κ1) is 15.7. The summed E-state index contributed by atoms with van der Waals surface area (Å²) in [6.45, 7) is 1.83. The van der Waals surface area contributed by atoms with Crippen molar-refractivity contribution in [1.29, 1.82) is 5.26 Å². The molecule has 1 aromatic carbocycles. The average molecular weight is 325 g/mol. The molecule has 2 aromatic heterocycles. The van der Waals surface area contributed by atoms with Crippen molar-refractivity contribution in [3.8, 4) is 23.1 Å². The summed E-state index contributed by atoms with van der Waals surface area (Å²) < 4.78 is 32.3. The first-order valence-corrected chi connectivity index (χ1v) is 7.23. The minimum absolute atomic E-state index is 0.374. The monoisotopic (exact) mass is 325 g/mol. The largest absolute Gasteiger partial charge is 0.470 e. The van der Waals surface area contributed by atoms with Gasteiger partial charge in [-0.1, -0.05) is 6.07 Å². The van der Waals surface area contributed by atoms with Gasteiger partial charge in [-0.25, -0.2) is 13.8 Å². The second kappa shape index (κ2) is 6.50. The molecule has 0 saturated carbocycles. The summed E-state index contributed by atoms with van der Waals surface area (Å²) in [5.41, 5.74) is 2.50. The summed E-state index contributed by atoms with van der Waals surface area (Å²) in [5.74, 6) is -1.41. The fourth-order valence-electron chi connectivity index (χ4n) is 2.39. The van der Waals surface area contributed by atoms with Crippen molar-refractivity contribution < 1.29 is 13.5 Å². The third-order valence-electron chi connectivity index (χ3n) is 3.61. The van der Waals surface area contributed by atoms with Crippen LogP contribution in [0.1, 0.15) is 24.2 Å². The van der Waals surface area contributed by atoms with E-state index in [-0.39, 0.29) is 6.10 Å². The first-order valence-electron chi connectivity index (χ1n) is 7.23. The Balaban J connectivity index is 1.85. The van der Waals surface area contributed by atoms with Crippen LogP contribution in [0.5, 0.6) is 5.88 Å². The Hall–Kier alpha value is -3.20. The van der Waals surface area contributed by atoms with Crippen LogP contribution in [0.3, 0.4) is 0 Å². The van der Waals surface area contributed by atoms with Crippen LogP contribution in [0.2, 0.25) is 0 Å². The lowest BCUT2D eigenvalue weighted by Crippen LogP contribution is -2.04. The molecular formula is C18H13F2N3O. The van der Waals surface area contributed by atoms with Crippen LogP contribution in [-0.2, 0) is 0 Å². The van der Waals surface area contributed by atoms with Gasteiger partial charge in [0.15, 0.2) is 11.6 Å². The third-order valence-corrected chi connectivity index (χ3v) is 3.61. The molecule has 0 saturated heterocycles. The van der Waals surface area contributed by atoms with Gasteiger partial charge in [-0.05, 0) is 30.7 Å². The number of aromatic nitrogens is 2. The summed E-state index contributed by atoms with van der Waals surface area (Å²) in [5, 5.41) is 8.77. The number of H-pyrrole nitrogens is 1. The van der Waals surface area contributed by atoms with E-state index in [1.165, 1.54) is 12.3 Å². The van der Waals surface area contributed by atoms with Crippen molar-refractivity contribution in [2.45, 2.75) is 13.0 Å². The Morgan fingerprint density at radius 3 is 2.67 bits per heavy atom. The highest BCUT2D eigenvalue weighted by Crippen LogP contribution is 2.31. The lowest BCUT2D eigenvalue weighted by molar-refractivity contribution is 0.218. The second-order valence-corrected chi connectivity index (χ2v) is 5.21. The molecule has 0 amide bonds. The van der Waals surface area contributed by atoms with Crippen LogP contribution in [0, 0.1) is 23.0 Å². The molecule has 3 rings (SSSR count). The van der Waals surface area contributed by atoms with E-state index in [0.717, 1.165) is 23.3 Å². The molecule has 6 heteroatoms. The lowest BCUT2D eigenvalue weighted by atomic mass is 10.0. The standard InChI is InChI=1S/C18H13F2N3O/c1-11(24-18-5-2-12(7-21)8-23-18)14-9-22-10-15(14)13-3-4-16(19)17(20)6-13/h2-6,8-11,22H,1H3/t11-/m0/s1. The molecule has 0 unspecified atom stereocenters. The molecule has 3 aromatic rings. The molecule has 0 radical (unpaired) electrons. The Bertz CT molecular complexity index is 897. The zero-order chi connectivity index (χ0) is 17.1. The molecule has 0 aliphatic rings. The van der Waals surface area contributed by atoms with Gasteiger partial charge in [0.1, 0.15) is 12.2 Å². The predicted octanol–water partition coefficient (Wildman–Crippen LogP) is 4.37. The number of halogens is 2. The topological polar surface area (TPSA) is 61.7 Å². The Labute approximate surface area is 137 Å². The number of nitriles is 1. The molecule has 1 atom stereocenters. The van der Waals surface area contributed by atoms with Gasteiger partial charge < -0.3 is 9.72 Å². The SMILES string of the molecule is C[C@H](Oc1ccc(C#N)cn1)c1c[nH]cc1-c1ccc(F)c(F)c1. The molecule has 120 valence electrons. The molecule has 24 heavy (non-hydrogen) atoms. The zero-order valence-electron chi connectivity index (χ0n) is 12.8. The minimum atomic E-state index is -0.901. The average Bonchev–Trinajstić information content (AvgIpc) is 3.08. The maximum Gasteiger partial charge on any atom is 0.213 e. The summed E-state index contributed by atoms with van der Waals surface area (Å²) >= 11 is 0. The van der Waals surface area contributed by atoms with Crippen molar-refractivity contribution >= 4 is 0 Å². The second-order valence-electron chi connectivity index (χ2n) is 5.21. The number of rotatable bonds is 4. The number of ether oxygens (including phenoxy) is 1. The Kier molecular flexibility index (Phi) is 4.25. The van der Waals surface area contributed by atoms with E-state index in [0.29, 0.717) is 17.0 Å². The number of nitrogens with one attached hydrogen (secondary N) is 1. The van der Waals surface area contributed by atoms with Gasteiger partial charge in [-0.2, -0.15) is 5.26 Å². The van der Waals surface area contributed by atoms with E-state index >= 15 is 0 Å². The van der Waals surface area contributed by atoms with Crippen LogP contribution in [0.15, 0.2) is 48.9 Å². The number of pyridine rings is 1. The maximum absolute atomic E-state index is 13.5. The molecule has 0 bridgehead atoms. The van der Waals surface area contributed by atoms with E-state index in [1.54, 1.807) is 24.5 Å². The zero-order valence-corrected chi connectivity index (χ0v) is 12.8. The number of aromatic amines is 1. The highest BCUT2D eigenvalue weighted by Gasteiger charge is 2.16. The van der Waals surface area contributed by atoms with Crippen LogP contribution in [0.25, 0.3) is 11.1 Å². The van der Waals surface area contributed by atoms with Gasteiger partial charge in [0.05, 0.1) is 5.56 Å². The van der Waals surface area contributed by atoms with Crippen molar-refractivity contribution in [2.75, 3.05) is 0 Å². The van der Waals surface area contributed by atoms with E-state index < -0.39 is 11.6 Å². The van der Waals surface area contributed by atoms with Crippen molar-refractivity contribution in [2.24, 2.45) is 0 Å². The summed E-state index contributed by atoms with van der Waals surface area (Å²) in [6.07, 6.45) is 4.49. The van der Waals surface area contributed by atoms with E-state index in [4.69, 9.17) is 10.00 Å². The highest BCUT2D eigenvalue weighted by molar-refractivity contribution is 5.67. The van der Waals surface area contributed by atoms with Gasteiger partial charge in [0.25, 0.3) is 0 Å². The van der Waals surface area contributed by atoms with Crippen LogP contribution in [-0.4, -0.2) is 9.97 Å². The molecule has 0 fully saturated rings. The van der Waals surface area contributed by atoms with E-state index in [9.17, 15) is 8.78 Å². The van der Waals surface area contributed by atoms with Gasteiger partial charge in [-0.3, -0.25) is 0 Å². The number of nitrogens with zero attached hydrogens (tertiary/aromatic N) is 2. The van der Waals surface area contributed by atoms with Gasteiger partial charge in [-0.15, -0.1) is 0 Å². The molecule has 2 heterocycles. The third kappa shape index (κ3) is 3.10. The van der Waals surface area contributed by atoms with Gasteiger partial charge in [0, 0.05) is 35.8 Å². The summed E-state index contributed by atoms with van der Waals surface area (Å²) in [4.78, 5) is 7.02. The van der Waals surface area contributed by atoms with Crippen molar-refractivity contribution in [3.05, 3.63) is 71.7 Å². The number of hydrogen-bond donors (Lipinski definition) is 1. The lowest BCUT2D eigenvalue weighted by Gasteiger charge is -2.15. The molecule has 0 aliphatic heterocycles. The smallest absolute Gasteiger partial charge is 0.213 e. The quantitative estimate of drug-likeness (QED) is 0.775. The molecule has 0 spiro atoms. The van der Waals surface area contributed by atoms with Crippen molar-refractivity contribution in [3.63, 3.8) is 0 Å². The van der Waals surface area contributed by atoms with Crippen LogP contribution < -0.4 is 4.74 Å². The highest BCUT2D eigenvalue weighted by atomic mass is 19.2. The van der Waals surface area contributed by atoms with Crippen molar-refractivity contribution in [1.82, 2.24) is 9.97 Å². The molecule has 1 N–H and O–H groups in total. The predicted molar refractivity (Wildman–Crippen MR) is 84.1 cm³/mol. The van der Waals surface area contributed by atoms with Crippen LogP contribution in [0.4, 0.5) is 8.78 Å². The molecular weight excluding hydrogens is 312 g/mol. The van der Waals surface area contributed by atoms with Gasteiger partial charge in [0.2, 0.25) is 5.88 Å². The minimum Gasteiger partial charge on any atom is -0.470 e. The fourth-order valence-corrected chi connectivity index (χ4v) is 2.39. The maximum atomic E-state index is 13.5. The number of benzene rings is 1. The van der Waals surface area contributed by atoms with E-state index in [2.05, 4.69) is 9.97 Å². The molecule has 4 nitrogen and oxygen atoms in total. The Morgan fingerprint density at radius 2 is 2.00 bits per heavy atom. The van der Waals surface area contributed by atoms with Crippen LogP contribution >= 0.6 is 0 Å². The summed E-state index contributed by atoms with van der Waals surface area (Å²) in [7, 11) is 0. The Morgan fingerprint density at radius 1 is 1.17 bits per heavy atom.